The van der Waals surface area contributed by atoms with Gasteiger partial charge in [0.1, 0.15) is 11.6 Å². The second-order valence-electron chi connectivity index (χ2n) is 6.06. The summed E-state index contributed by atoms with van der Waals surface area (Å²) in [4.78, 5) is 39.7. The maximum absolute atomic E-state index is 12.8. The number of aromatic nitrogens is 1. The number of nitro benzene ring substituents is 1. The third kappa shape index (κ3) is 4.36. The molecule has 2 rings (SSSR count). The van der Waals surface area contributed by atoms with Crippen LogP contribution in [0.3, 0.4) is 0 Å². The van der Waals surface area contributed by atoms with E-state index in [1.807, 2.05) is 0 Å². The normalized spacial score (nSPS) is 10.3. The highest BCUT2D eigenvalue weighted by Crippen LogP contribution is 2.34. The number of hydrogen-bond acceptors (Lipinski definition) is 9. The van der Waals surface area contributed by atoms with E-state index in [0.717, 1.165) is 13.2 Å². The topological polar surface area (TPSA) is 153 Å². The van der Waals surface area contributed by atoms with Crippen LogP contribution in [-0.4, -0.2) is 40.2 Å². The van der Waals surface area contributed by atoms with Gasteiger partial charge in [0.25, 0.3) is 5.69 Å². The van der Waals surface area contributed by atoms with E-state index in [-0.39, 0.29) is 33.6 Å². The largest absolute Gasteiger partial charge is 0.465 e. The molecule has 0 saturated carbocycles. The van der Waals surface area contributed by atoms with Crippen molar-refractivity contribution in [3.63, 3.8) is 0 Å². The summed E-state index contributed by atoms with van der Waals surface area (Å²) in [5.41, 5.74) is -1.59. The molecule has 0 saturated heterocycles. The van der Waals surface area contributed by atoms with Gasteiger partial charge in [0.2, 0.25) is 0 Å². The number of non-ortho nitro benzene ring substituents is 1. The van der Waals surface area contributed by atoms with Gasteiger partial charge in [0, 0.05) is 17.7 Å². The van der Waals surface area contributed by atoms with E-state index >= 15 is 0 Å². The van der Waals surface area contributed by atoms with E-state index in [1.54, 1.807) is 19.9 Å². The minimum Gasteiger partial charge on any atom is -0.465 e. The number of aliphatic hydroxyl groups excluding tert-OH is 1. The maximum atomic E-state index is 12.8. The van der Waals surface area contributed by atoms with Crippen LogP contribution in [0.4, 0.5) is 5.69 Å². The first-order chi connectivity index (χ1) is 13.7. The number of nitrogens with zero attached hydrogens (tertiary/aromatic N) is 3. The van der Waals surface area contributed by atoms with Crippen molar-refractivity contribution in [2.45, 2.75) is 26.6 Å². The molecule has 0 aliphatic rings. The molecular weight excluding hydrogens is 382 g/mol. The van der Waals surface area contributed by atoms with E-state index in [1.165, 1.54) is 18.2 Å². The van der Waals surface area contributed by atoms with Gasteiger partial charge < -0.3 is 14.6 Å². The SMILES string of the molecule is COC(=O)c1c(C#N)nc(CO)c(C(=O)OC(C)C)c1-c1cccc([N+](=O)[O-])c1. The Morgan fingerprint density at radius 3 is 2.52 bits per heavy atom. The first kappa shape index (κ1) is 21.5. The molecule has 0 bridgehead atoms. The zero-order valence-electron chi connectivity index (χ0n) is 15.8. The van der Waals surface area contributed by atoms with Crippen molar-refractivity contribution in [3.8, 4) is 17.2 Å². The summed E-state index contributed by atoms with van der Waals surface area (Å²) >= 11 is 0. The predicted molar refractivity (Wildman–Crippen MR) is 98.9 cm³/mol. The predicted octanol–water partition coefficient (Wildman–Crippen LogP) is 2.37. The van der Waals surface area contributed by atoms with Crippen LogP contribution in [-0.2, 0) is 16.1 Å². The molecule has 150 valence electrons. The quantitative estimate of drug-likeness (QED) is 0.438. The number of methoxy groups -OCH3 is 1. The van der Waals surface area contributed by atoms with Crippen LogP contribution < -0.4 is 0 Å². The minimum absolute atomic E-state index is 0.0870. The molecule has 10 nitrogen and oxygen atoms in total. The molecule has 0 spiro atoms. The summed E-state index contributed by atoms with van der Waals surface area (Å²) in [7, 11) is 1.08. The van der Waals surface area contributed by atoms with Crippen LogP contribution in [0.25, 0.3) is 11.1 Å². The number of nitriles is 1. The van der Waals surface area contributed by atoms with E-state index in [4.69, 9.17) is 9.47 Å². The van der Waals surface area contributed by atoms with Crippen molar-refractivity contribution in [1.82, 2.24) is 4.98 Å². The first-order valence-electron chi connectivity index (χ1n) is 8.37. The summed E-state index contributed by atoms with van der Waals surface area (Å²) in [6.45, 7) is 2.46. The highest BCUT2D eigenvalue weighted by atomic mass is 16.6. The molecule has 1 aromatic heterocycles. The third-order valence-electron chi connectivity index (χ3n) is 3.81. The summed E-state index contributed by atoms with van der Waals surface area (Å²) in [6.07, 6.45) is -0.538. The van der Waals surface area contributed by atoms with Crippen LogP contribution in [0.15, 0.2) is 24.3 Å². The van der Waals surface area contributed by atoms with Gasteiger partial charge >= 0.3 is 11.9 Å². The van der Waals surface area contributed by atoms with Gasteiger partial charge in [-0.3, -0.25) is 10.1 Å². The number of ether oxygens (including phenoxy) is 2. The van der Waals surface area contributed by atoms with Crippen LogP contribution >= 0.6 is 0 Å². The molecule has 0 unspecified atom stereocenters. The lowest BCUT2D eigenvalue weighted by Gasteiger charge is -2.18. The number of hydrogen-bond donors (Lipinski definition) is 1. The molecular formula is C19H17N3O7. The fourth-order valence-corrected chi connectivity index (χ4v) is 2.69. The number of pyridine rings is 1. The van der Waals surface area contributed by atoms with E-state index in [2.05, 4.69) is 4.98 Å². The Hall–Kier alpha value is -3.84. The summed E-state index contributed by atoms with van der Waals surface area (Å²) in [6, 6.07) is 6.87. The zero-order chi connectivity index (χ0) is 21.7. The van der Waals surface area contributed by atoms with Crippen LogP contribution in [0.2, 0.25) is 0 Å². The monoisotopic (exact) mass is 399 g/mol. The maximum Gasteiger partial charge on any atom is 0.341 e. The summed E-state index contributed by atoms with van der Waals surface area (Å²) in [5, 5.41) is 30.4. The average Bonchev–Trinajstić information content (AvgIpc) is 2.70. The van der Waals surface area contributed by atoms with Gasteiger partial charge in [-0.25, -0.2) is 14.6 Å². The minimum atomic E-state index is -0.973. The van der Waals surface area contributed by atoms with Gasteiger partial charge in [-0.15, -0.1) is 0 Å². The lowest BCUT2D eigenvalue weighted by atomic mass is 9.92. The van der Waals surface area contributed by atoms with Crippen molar-refractivity contribution in [3.05, 3.63) is 56.9 Å². The van der Waals surface area contributed by atoms with Crippen molar-refractivity contribution < 1.29 is 29.1 Å². The van der Waals surface area contributed by atoms with Gasteiger partial charge in [-0.05, 0) is 19.4 Å². The molecule has 1 heterocycles. The number of esters is 2. The molecule has 1 aromatic carbocycles. The van der Waals surface area contributed by atoms with Crippen LogP contribution in [0.1, 0.15) is 46.0 Å². The second kappa shape index (κ2) is 8.90. The molecule has 0 aliphatic heterocycles. The highest BCUT2D eigenvalue weighted by Gasteiger charge is 2.31. The molecule has 2 aromatic rings. The molecule has 0 atom stereocenters. The Kier molecular flexibility index (Phi) is 6.59. The lowest BCUT2D eigenvalue weighted by Crippen LogP contribution is -2.20. The van der Waals surface area contributed by atoms with Gasteiger partial charge in [-0.1, -0.05) is 12.1 Å². The number of carbonyl (C=O) groups is 2. The Morgan fingerprint density at radius 1 is 1.31 bits per heavy atom. The fraction of sp³-hybridized carbons (Fsp3) is 0.263. The smallest absolute Gasteiger partial charge is 0.341 e. The van der Waals surface area contributed by atoms with Crippen molar-refractivity contribution in [2.75, 3.05) is 7.11 Å². The average molecular weight is 399 g/mol. The van der Waals surface area contributed by atoms with Gasteiger partial charge in [0.15, 0.2) is 5.69 Å². The third-order valence-corrected chi connectivity index (χ3v) is 3.81. The fourth-order valence-electron chi connectivity index (χ4n) is 2.69. The lowest BCUT2D eigenvalue weighted by molar-refractivity contribution is -0.384. The Bertz CT molecular complexity index is 1030. The van der Waals surface area contributed by atoms with Crippen molar-refractivity contribution in [2.24, 2.45) is 0 Å². The molecule has 0 fully saturated rings. The van der Waals surface area contributed by atoms with Gasteiger partial charge in [-0.2, -0.15) is 5.26 Å². The molecule has 0 radical (unpaired) electrons. The van der Waals surface area contributed by atoms with Crippen molar-refractivity contribution in [1.29, 1.82) is 5.26 Å². The van der Waals surface area contributed by atoms with Crippen LogP contribution in [0.5, 0.6) is 0 Å². The van der Waals surface area contributed by atoms with E-state index in [0.29, 0.717) is 0 Å². The standard InChI is InChI=1S/C19H17N3O7/c1-10(2)29-19(25)17-14(9-23)21-13(8-20)16(18(24)28-3)15(17)11-5-4-6-12(7-11)22(26)27/h4-7,10,23H,9H2,1-3H3. The molecule has 1 N–H and O–H groups in total. The summed E-state index contributed by atoms with van der Waals surface area (Å²) < 4.78 is 9.93. The number of carbonyl (C=O) groups excluding carboxylic acids is 2. The second-order valence-corrected chi connectivity index (χ2v) is 6.06. The van der Waals surface area contributed by atoms with Crippen molar-refractivity contribution >= 4 is 17.6 Å². The highest BCUT2D eigenvalue weighted by molar-refractivity contribution is 6.07. The Balaban J connectivity index is 3.01. The molecule has 0 aliphatic carbocycles. The Morgan fingerprint density at radius 2 is 2.00 bits per heavy atom. The van der Waals surface area contributed by atoms with Crippen LogP contribution in [0, 0.1) is 21.4 Å². The zero-order valence-corrected chi connectivity index (χ0v) is 15.8. The number of aliphatic hydroxyl groups is 1. The summed E-state index contributed by atoms with van der Waals surface area (Å²) in [5.74, 6) is -1.88. The Labute approximate surface area is 165 Å². The number of rotatable bonds is 6. The molecule has 29 heavy (non-hydrogen) atoms. The number of nitro groups is 1. The van der Waals surface area contributed by atoms with E-state index in [9.17, 15) is 30.1 Å². The number of benzene rings is 1. The molecule has 0 amide bonds. The first-order valence-corrected chi connectivity index (χ1v) is 8.37. The molecule has 10 heteroatoms. The van der Waals surface area contributed by atoms with E-state index < -0.39 is 35.3 Å². The van der Waals surface area contributed by atoms with Gasteiger partial charge in [0.05, 0.1) is 36.0 Å².